The van der Waals surface area contributed by atoms with Crippen molar-refractivity contribution in [1.29, 1.82) is 5.26 Å². The van der Waals surface area contributed by atoms with Gasteiger partial charge in [-0.05, 0) is 48.2 Å². The second-order valence-electron chi connectivity index (χ2n) is 8.12. The van der Waals surface area contributed by atoms with E-state index in [0.717, 1.165) is 24.0 Å². The molecule has 0 heterocycles. The van der Waals surface area contributed by atoms with Gasteiger partial charge in [0.25, 0.3) is 0 Å². The number of hydrogen-bond acceptors (Lipinski definition) is 3. The molecule has 1 aromatic rings. The quantitative estimate of drug-likeness (QED) is 0.782. The van der Waals surface area contributed by atoms with Gasteiger partial charge in [-0.25, -0.2) is 4.79 Å². The van der Waals surface area contributed by atoms with Crippen LogP contribution in [0.2, 0.25) is 18.1 Å². The molecule has 1 unspecified atom stereocenters. The first-order valence-electron chi connectivity index (χ1n) is 8.74. The third-order valence-electron chi connectivity index (χ3n) is 5.58. The van der Waals surface area contributed by atoms with Gasteiger partial charge in [-0.3, -0.25) is 4.90 Å². The third kappa shape index (κ3) is 4.05. The average Bonchev–Trinajstić information content (AvgIpc) is 2.93. The van der Waals surface area contributed by atoms with Crippen LogP contribution in [0.4, 0.5) is 4.79 Å². The molecule has 5 nitrogen and oxygen atoms in total. The monoisotopic (exact) mass is 360 g/mol. The van der Waals surface area contributed by atoms with Crippen molar-refractivity contribution < 1.29 is 14.3 Å². The molecule has 0 saturated carbocycles. The van der Waals surface area contributed by atoms with E-state index in [1.54, 1.807) is 6.07 Å². The zero-order valence-corrected chi connectivity index (χ0v) is 16.8. The summed E-state index contributed by atoms with van der Waals surface area (Å²) in [6.07, 6.45) is 0.538. The van der Waals surface area contributed by atoms with Gasteiger partial charge in [0.05, 0.1) is 24.3 Å². The first-order valence-corrected chi connectivity index (χ1v) is 11.6. The van der Waals surface area contributed by atoms with Gasteiger partial charge in [0.2, 0.25) is 0 Å². The zero-order chi connectivity index (χ0) is 18.8. The fraction of sp³-hybridized carbons (Fsp3) is 0.579. The van der Waals surface area contributed by atoms with Gasteiger partial charge >= 0.3 is 6.09 Å². The second-order valence-corrected chi connectivity index (χ2v) is 12.9. The molecule has 1 amide bonds. The lowest BCUT2D eigenvalue weighted by Gasteiger charge is -2.37. The fourth-order valence-electron chi connectivity index (χ4n) is 3.06. The standard InChI is InChI=1S/C19H28N2O3Si/c1-19(2,3)25(4,5)24-12-11-21(18(22)23)17-10-9-15-14(13-20)7-6-8-16(15)17/h6-8,17H,9-12H2,1-5H3,(H,22,23). The molecule has 0 spiro atoms. The van der Waals surface area contributed by atoms with E-state index in [4.69, 9.17) is 4.43 Å². The van der Waals surface area contributed by atoms with E-state index in [0.29, 0.717) is 18.7 Å². The molecular formula is C19H28N2O3Si. The lowest BCUT2D eigenvalue weighted by molar-refractivity contribution is 0.111. The van der Waals surface area contributed by atoms with Gasteiger partial charge in [0, 0.05) is 6.54 Å². The minimum absolute atomic E-state index is 0.0999. The molecule has 2 rings (SSSR count). The van der Waals surface area contributed by atoms with Crippen LogP contribution in [-0.2, 0) is 10.8 Å². The normalized spacial score (nSPS) is 17.0. The molecule has 0 fully saturated rings. The lowest BCUT2D eigenvalue weighted by Crippen LogP contribution is -2.43. The summed E-state index contributed by atoms with van der Waals surface area (Å²) in [4.78, 5) is 13.3. The molecule has 0 bridgehead atoms. The van der Waals surface area contributed by atoms with E-state index in [1.807, 2.05) is 12.1 Å². The molecule has 0 radical (unpaired) electrons. The highest BCUT2D eigenvalue weighted by Gasteiger charge is 2.38. The molecule has 1 atom stereocenters. The Bertz CT molecular complexity index is 689. The predicted molar refractivity (Wildman–Crippen MR) is 100 cm³/mol. The highest BCUT2D eigenvalue weighted by Crippen LogP contribution is 2.38. The van der Waals surface area contributed by atoms with E-state index >= 15 is 0 Å². The van der Waals surface area contributed by atoms with Crippen molar-refractivity contribution in [3.8, 4) is 6.07 Å². The van der Waals surface area contributed by atoms with Crippen molar-refractivity contribution >= 4 is 14.4 Å². The minimum Gasteiger partial charge on any atom is -0.465 e. The maximum atomic E-state index is 11.8. The molecule has 136 valence electrons. The Morgan fingerprint density at radius 1 is 1.44 bits per heavy atom. The summed E-state index contributed by atoms with van der Waals surface area (Å²) in [5, 5.41) is 19.0. The van der Waals surface area contributed by atoms with Crippen molar-refractivity contribution in [2.75, 3.05) is 13.2 Å². The van der Waals surface area contributed by atoms with Crippen molar-refractivity contribution in [2.24, 2.45) is 0 Å². The molecule has 0 aromatic heterocycles. The van der Waals surface area contributed by atoms with E-state index < -0.39 is 14.4 Å². The third-order valence-corrected chi connectivity index (χ3v) is 10.1. The van der Waals surface area contributed by atoms with Gasteiger partial charge in [0.1, 0.15) is 0 Å². The molecule has 1 N–H and O–H groups in total. The summed E-state index contributed by atoms with van der Waals surface area (Å²) in [6, 6.07) is 7.60. The largest absolute Gasteiger partial charge is 0.465 e. The highest BCUT2D eigenvalue weighted by atomic mass is 28.4. The number of amides is 1. The minimum atomic E-state index is -1.90. The van der Waals surface area contributed by atoms with Crippen molar-refractivity contribution in [1.82, 2.24) is 4.90 Å². The van der Waals surface area contributed by atoms with Crippen LogP contribution in [0.15, 0.2) is 18.2 Å². The van der Waals surface area contributed by atoms with Gasteiger partial charge in [-0.2, -0.15) is 5.26 Å². The van der Waals surface area contributed by atoms with Crippen LogP contribution in [0.5, 0.6) is 0 Å². The Morgan fingerprint density at radius 3 is 2.68 bits per heavy atom. The smallest absolute Gasteiger partial charge is 0.407 e. The molecule has 0 aliphatic heterocycles. The van der Waals surface area contributed by atoms with Gasteiger partial charge in [-0.1, -0.05) is 32.9 Å². The van der Waals surface area contributed by atoms with Crippen molar-refractivity contribution in [2.45, 2.75) is 57.8 Å². The maximum Gasteiger partial charge on any atom is 0.407 e. The average molecular weight is 361 g/mol. The second kappa shape index (κ2) is 7.18. The first-order chi connectivity index (χ1) is 11.6. The van der Waals surface area contributed by atoms with Crippen LogP contribution in [0.25, 0.3) is 0 Å². The van der Waals surface area contributed by atoms with Gasteiger partial charge in [-0.15, -0.1) is 0 Å². The lowest BCUT2D eigenvalue weighted by atomic mass is 10.0. The van der Waals surface area contributed by atoms with E-state index in [2.05, 4.69) is 39.9 Å². The summed E-state index contributed by atoms with van der Waals surface area (Å²) >= 11 is 0. The molecule has 1 aliphatic carbocycles. The van der Waals surface area contributed by atoms with Crippen LogP contribution in [-0.4, -0.2) is 37.6 Å². The molecule has 0 saturated heterocycles. The Morgan fingerprint density at radius 2 is 2.12 bits per heavy atom. The van der Waals surface area contributed by atoms with E-state index in [-0.39, 0.29) is 11.1 Å². The highest BCUT2D eigenvalue weighted by molar-refractivity contribution is 6.74. The van der Waals surface area contributed by atoms with Crippen LogP contribution < -0.4 is 0 Å². The Balaban J connectivity index is 2.12. The van der Waals surface area contributed by atoms with E-state index in [1.165, 1.54) is 4.90 Å². The topological polar surface area (TPSA) is 73.6 Å². The Hall–Kier alpha value is -1.84. The maximum absolute atomic E-state index is 11.8. The molecular weight excluding hydrogens is 332 g/mol. The number of nitrogens with zero attached hydrogens (tertiary/aromatic N) is 2. The number of benzene rings is 1. The number of carboxylic acid groups (broad SMARTS) is 1. The number of carbonyl (C=O) groups is 1. The van der Waals surface area contributed by atoms with Gasteiger partial charge < -0.3 is 9.53 Å². The van der Waals surface area contributed by atoms with Crippen LogP contribution in [0, 0.1) is 11.3 Å². The van der Waals surface area contributed by atoms with Gasteiger partial charge in [0.15, 0.2) is 8.32 Å². The van der Waals surface area contributed by atoms with Crippen LogP contribution in [0.1, 0.15) is 49.9 Å². The molecule has 1 aromatic carbocycles. The SMILES string of the molecule is CC(C)(C)[Si](C)(C)OCCN(C(=O)O)C1CCc2c(C#N)cccc21. The Kier molecular flexibility index (Phi) is 5.60. The summed E-state index contributed by atoms with van der Waals surface area (Å²) in [5.41, 5.74) is 2.61. The Labute approximate surface area is 151 Å². The molecule has 1 aliphatic rings. The van der Waals surface area contributed by atoms with E-state index in [9.17, 15) is 15.2 Å². The number of fused-ring (bicyclic) bond motifs is 1. The van der Waals surface area contributed by atoms with Crippen molar-refractivity contribution in [3.63, 3.8) is 0 Å². The number of hydrogen-bond donors (Lipinski definition) is 1. The number of nitriles is 1. The summed E-state index contributed by atoms with van der Waals surface area (Å²) < 4.78 is 6.15. The first kappa shape index (κ1) is 19.5. The zero-order valence-electron chi connectivity index (χ0n) is 15.8. The van der Waals surface area contributed by atoms with Crippen LogP contribution >= 0.6 is 0 Å². The number of rotatable bonds is 5. The summed E-state index contributed by atoms with van der Waals surface area (Å²) in [7, 11) is -1.90. The molecule has 6 heteroatoms. The molecule has 25 heavy (non-hydrogen) atoms. The summed E-state index contributed by atoms with van der Waals surface area (Å²) in [5.74, 6) is 0. The van der Waals surface area contributed by atoms with Crippen molar-refractivity contribution in [3.05, 3.63) is 34.9 Å². The summed E-state index contributed by atoms with van der Waals surface area (Å²) in [6.45, 7) is 11.6. The fourth-order valence-corrected chi connectivity index (χ4v) is 4.10. The van der Waals surface area contributed by atoms with Crippen LogP contribution in [0.3, 0.4) is 0 Å². The predicted octanol–water partition coefficient (Wildman–Crippen LogP) is 4.55.